The van der Waals surface area contributed by atoms with Crippen molar-refractivity contribution in [1.29, 1.82) is 0 Å². The summed E-state index contributed by atoms with van der Waals surface area (Å²) in [6.07, 6.45) is 2.22. The summed E-state index contributed by atoms with van der Waals surface area (Å²) in [6.45, 7) is 10.9. The molecule has 0 aliphatic carbocycles. The highest BCUT2D eigenvalue weighted by molar-refractivity contribution is 5.67. The van der Waals surface area contributed by atoms with Crippen LogP contribution in [0.5, 0.6) is 11.5 Å². The van der Waals surface area contributed by atoms with Gasteiger partial charge in [-0.2, -0.15) is 0 Å². The summed E-state index contributed by atoms with van der Waals surface area (Å²) in [5.41, 5.74) is 1.85. The first kappa shape index (κ1) is 23.6. The molecule has 2 aromatic rings. The van der Waals surface area contributed by atoms with Crippen LogP contribution in [0.15, 0.2) is 48.5 Å². The monoisotopic (exact) mass is 413 g/mol. The van der Waals surface area contributed by atoms with E-state index in [0.717, 1.165) is 18.6 Å². The Labute approximate surface area is 180 Å². The molecule has 2 rings (SSSR count). The highest BCUT2D eigenvalue weighted by Gasteiger charge is 2.30. The Bertz CT molecular complexity index is 787. The molecule has 30 heavy (non-hydrogen) atoms. The number of carbonyl (C=O) groups excluding carboxylic acids is 1. The first-order valence-corrected chi connectivity index (χ1v) is 10.7. The lowest BCUT2D eigenvalue weighted by molar-refractivity contribution is 0.0525. The minimum absolute atomic E-state index is 0.0937. The second-order valence-electron chi connectivity index (χ2n) is 8.49. The summed E-state index contributed by atoms with van der Waals surface area (Å²) in [4.78, 5) is 11.6. The van der Waals surface area contributed by atoms with E-state index < -0.39 is 11.7 Å². The van der Waals surface area contributed by atoms with Gasteiger partial charge in [0.05, 0.1) is 6.61 Å². The number of carbonyl (C=O) groups is 1. The Kier molecular flexibility index (Phi) is 8.16. The fraction of sp³-hybridized carbons (Fsp3) is 0.480. The number of hydrogen-bond acceptors (Lipinski definition) is 4. The second kappa shape index (κ2) is 10.4. The predicted molar refractivity (Wildman–Crippen MR) is 120 cm³/mol. The van der Waals surface area contributed by atoms with Crippen LogP contribution < -0.4 is 10.1 Å². The minimum Gasteiger partial charge on any atom is -0.508 e. The zero-order chi connectivity index (χ0) is 22.2. The van der Waals surface area contributed by atoms with Crippen molar-refractivity contribution in [3.05, 3.63) is 59.7 Å². The van der Waals surface area contributed by atoms with Crippen molar-refractivity contribution in [3.63, 3.8) is 0 Å². The van der Waals surface area contributed by atoms with Gasteiger partial charge in [-0.15, -0.1) is 0 Å². The van der Waals surface area contributed by atoms with Gasteiger partial charge in [-0.3, -0.25) is 0 Å². The van der Waals surface area contributed by atoms with E-state index in [0.29, 0.717) is 19.6 Å². The molecule has 164 valence electrons. The van der Waals surface area contributed by atoms with Gasteiger partial charge in [0.15, 0.2) is 0 Å². The van der Waals surface area contributed by atoms with Gasteiger partial charge in [0, 0.05) is 12.0 Å². The predicted octanol–water partition coefficient (Wildman–Crippen LogP) is 5.79. The summed E-state index contributed by atoms with van der Waals surface area (Å²) in [5.74, 6) is 1.09. The van der Waals surface area contributed by atoms with Crippen molar-refractivity contribution >= 4 is 6.09 Å². The standard InChI is InChI=1S/C25H35NO4/c1-6-25(7-2,19-9-13-21(27)14-10-19)20-11-15-22(16-12-20)29-18-8-17-26-23(28)30-24(3,4)5/h9-16,27H,6-8,17-18H2,1-5H3,(H,26,28). The molecule has 0 saturated heterocycles. The average molecular weight is 414 g/mol. The van der Waals surface area contributed by atoms with Crippen LogP contribution in [0, 0.1) is 0 Å². The molecule has 0 bridgehead atoms. The zero-order valence-corrected chi connectivity index (χ0v) is 18.8. The van der Waals surface area contributed by atoms with Gasteiger partial charge in [0.1, 0.15) is 17.1 Å². The fourth-order valence-corrected chi connectivity index (χ4v) is 3.65. The number of aromatic hydroxyl groups is 1. The van der Waals surface area contributed by atoms with Crippen molar-refractivity contribution in [2.75, 3.05) is 13.2 Å². The quantitative estimate of drug-likeness (QED) is 0.511. The molecule has 5 heteroatoms. The lowest BCUT2D eigenvalue weighted by Gasteiger charge is -2.33. The van der Waals surface area contributed by atoms with Crippen LogP contribution >= 0.6 is 0 Å². The summed E-state index contributed by atoms with van der Waals surface area (Å²) in [6, 6.07) is 15.7. The summed E-state index contributed by atoms with van der Waals surface area (Å²) < 4.78 is 11.0. The van der Waals surface area contributed by atoms with Crippen LogP contribution in [-0.4, -0.2) is 30.0 Å². The molecule has 2 N–H and O–H groups in total. The SMILES string of the molecule is CCC(CC)(c1ccc(O)cc1)c1ccc(OCCCNC(=O)OC(C)(C)C)cc1. The van der Waals surface area contributed by atoms with Crippen LogP contribution in [0.3, 0.4) is 0 Å². The highest BCUT2D eigenvalue weighted by atomic mass is 16.6. The number of phenols is 1. The maximum Gasteiger partial charge on any atom is 0.407 e. The molecule has 0 radical (unpaired) electrons. The molecule has 0 unspecified atom stereocenters. The fourth-order valence-electron chi connectivity index (χ4n) is 3.65. The van der Waals surface area contributed by atoms with E-state index in [1.165, 1.54) is 11.1 Å². The molecule has 0 atom stereocenters. The third kappa shape index (κ3) is 6.41. The van der Waals surface area contributed by atoms with Crippen LogP contribution in [0.25, 0.3) is 0 Å². The normalized spacial score (nSPS) is 11.8. The van der Waals surface area contributed by atoms with Crippen LogP contribution in [-0.2, 0) is 10.2 Å². The number of alkyl carbamates (subject to hydrolysis) is 1. The number of ether oxygens (including phenoxy) is 2. The van der Waals surface area contributed by atoms with Gasteiger partial charge in [-0.25, -0.2) is 4.79 Å². The van der Waals surface area contributed by atoms with E-state index in [-0.39, 0.29) is 11.2 Å². The van der Waals surface area contributed by atoms with Gasteiger partial charge >= 0.3 is 6.09 Å². The van der Waals surface area contributed by atoms with E-state index in [1.54, 1.807) is 12.1 Å². The van der Waals surface area contributed by atoms with Crippen molar-refractivity contribution in [3.8, 4) is 11.5 Å². The van der Waals surface area contributed by atoms with Crippen LogP contribution in [0.2, 0.25) is 0 Å². The Morgan fingerprint density at radius 1 is 0.933 bits per heavy atom. The minimum atomic E-state index is -0.491. The van der Waals surface area contributed by atoms with Gasteiger partial charge < -0.3 is 19.9 Å². The van der Waals surface area contributed by atoms with E-state index in [2.05, 4.69) is 31.3 Å². The Morgan fingerprint density at radius 3 is 1.97 bits per heavy atom. The molecule has 0 fully saturated rings. The molecule has 0 aliphatic heterocycles. The number of nitrogens with one attached hydrogen (secondary N) is 1. The lowest BCUT2D eigenvalue weighted by Crippen LogP contribution is -2.33. The Morgan fingerprint density at radius 2 is 1.47 bits per heavy atom. The molecular weight excluding hydrogens is 378 g/mol. The summed E-state index contributed by atoms with van der Waals surface area (Å²) in [7, 11) is 0. The van der Waals surface area contributed by atoms with Crippen LogP contribution in [0.4, 0.5) is 4.79 Å². The van der Waals surface area contributed by atoms with E-state index in [1.807, 2.05) is 45.0 Å². The van der Waals surface area contributed by atoms with E-state index in [9.17, 15) is 9.90 Å². The molecule has 0 aliphatic rings. The van der Waals surface area contributed by atoms with Crippen molar-refractivity contribution in [2.45, 2.75) is 64.9 Å². The van der Waals surface area contributed by atoms with Gasteiger partial charge in [0.2, 0.25) is 0 Å². The lowest BCUT2D eigenvalue weighted by atomic mass is 9.70. The van der Waals surface area contributed by atoms with Crippen molar-refractivity contribution < 1.29 is 19.4 Å². The summed E-state index contributed by atoms with van der Waals surface area (Å²) >= 11 is 0. The van der Waals surface area contributed by atoms with Crippen LogP contribution in [0.1, 0.15) is 65.0 Å². The third-order valence-corrected chi connectivity index (χ3v) is 5.29. The zero-order valence-electron chi connectivity index (χ0n) is 18.8. The number of hydrogen-bond donors (Lipinski definition) is 2. The van der Waals surface area contributed by atoms with Gasteiger partial charge in [0.25, 0.3) is 0 Å². The highest BCUT2D eigenvalue weighted by Crippen LogP contribution is 2.39. The number of amides is 1. The molecule has 2 aromatic carbocycles. The topological polar surface area (TPSA) is 67.8 Å². The Balaban J connectivity index is 1.92. The van der Waals surface area contributed by atoms with Gasteiger partial charge in [-0.1, -0.05) is 38.1 Å². The number of benzene rings is 2. The molecule has 0 aromatic heterocycles. The van der Waals surface area contributed by atoms with E-state index >= 15 is 0 Å². The third-order valence-electron chi connectivity index (χ3n) is 5.29. The van der Waals surface area contributed by atoms with Crippen molar-refractivity contribution in [2.24, 2.45) is 0 Å². The molecule has 1 amide bonds. The molecule has 5 nitrogen and oxygen atoms in total. The second-order valence-corrected chi connectivity index (χ2v) is 8.49. The van der Waals surface area contributed by atoms with Crippen molar-refractivity contribution in [1.82, 2.24) is 5.32 Å². The summed E-state index contributed by atoms with van der Waals surface area (Å²) in [5, 5.41) is 12.4. The number of phenolic OH excluding ortho intramolecular Hbond substituents is 1. The molecule has 0 spiro atoms. The first-order chi connectivity index (χ1) is 14.2. The maximum atomic E-state index is 11.6. The molecule has 0 saturated carbocycles. The smallest absolute Gasteiger partial charge is 0.407 e. The number of rotatable bonds is 9. The molecular formula is C25H35NO4. The van der Waals surface area contributed by atoms with E-state index in [4.69, 9.17) is 9.47 Å². The first-order valence-electron chi connectivity index (χ1n) is 10.7. The Hall–Kier alpha value is -2.69. The molecule has 0 heterocycles. The van der Waals surface area contributed by atoms with Gasteiger partial charge in [-0.05, 0) is 75.4 Å². The largest absolute Gasteiger partial charge is 0.508 e. The maximum absolute atomic E-state index is 11.6. The average Bonchev–Trinajstić information content (AvgIpc) is 2.70.